The summed E-state index contributed by atoms with van der Waals surface area (Å²) >= 11 is 0. The molecule has 21 heavy (non-hydrogen) atoms. The molecule has 0 aliphatic rings. The van der Waals surface area contributed by atoms with Crippen LogP contribution in [-0.2, 0) is 11.2 Å². The van der Waals surface area contributed by atoms with Crippen LogP contribution in [0.15, 0.2) is 66.2 Å². The molecule has 108 valence electrons. The maximum atomic E-state index is 10.8. The SMILES string of the molecule is C/C(=C\C(N)Cc1ccc(-c2ccccc2)cc1)C(=O)O. The third kappa shape index (κ3) is 4.29. The first-order valence-corrected chi connectivity index (χ1v) is 6.88. The van der Waals surface area contributed by atoms with E-state index in [2.05, 4.69) is 24.3 Å². The van der Waals surface area contributed by atoms with Gasteiger partial charge < -0.3 is 10.8 Å². The zero-order valence-corrected chi connectivity index (χ0v) is 12.0. The van der Waals surface area contributed by atoms with Crippen molar-refractivity contribution in [1.82, 2.24) is 0 Å². The normalized spacial score (nSPS) is 13.0. The molecule has 0 fully saturated rings. The van der Waals surface area contributed by atoms with Gasteiger partial charge in [-0.2, -0.15) is 0 Å². The number of benzene rings is 2. The molecule has 0 bridgehead atoms. The molecule has 0 spiro atoms. The lowest BCUT2D eigenvalue weighted by atomic mass is 10.00. The Kier molecular flexibility index (Phi) is 4.90. The maximum Gasteiger partial charge on any atom is 0.331 e. The van der Waals surface area contributed by atoms with Crippen LogP contribution in [0.3, 0.4) is 0 Å². The second kappa shape index (κ2) is 6.86. The van der Waals surface area contributed by atoms with Gasteiger partial charge >= 0.3 is 5.97 Å². The largest absolute Gasteiger partial charge is 0.478 e. The molecule has 0 aromatic heterocycles. The lowest BCUT2D eigenvalue weighted by Crippen LogP contribution is -2.21. The van der Waals surface area contributed by atoms with Gasteiger partial charge in [-0.15, -0.1) is 0 Å². The van der Waals surface area contributed by atoms with Crippen molar-refractivity contribution in [3.05, 3.63) is 71.8 Å². The smallest absolute Gasteiger partial charge is 0.331 e. The molecule has 0 radical (unpaired) electrons. The first-order chi connectivity index (χ1) is 10.1. The van der Waals surface area contributed by atoms with Crippen molar-refractivity contribution in [3.8, 4) is 11.1 Å². The minimum atomic E-state index is -0.926. The zero-order valence-electron chi connectivity index (χ0n) is 12.0. The van der Waals surface area contributed by atoms with Crippen LogP contribution in [0.5, 0.6) is 0 Å². The number of nitrogens with two attached hydrogens (primary N) is 1. The molecule has 0 aliphatic heterocycles. The van der Waals surface area contributed by atoms with E-state index in [0.29, 0.717) is 6.42 Å². The summed E-state index contributed by atoms with van der Waals surface area (Å²) in [6.45, 7) is 1.56. The Hall–Kier alpha value is -2.39. The van der Waals surface area contributed by atoms with Crippen molar-refractivity contribution in [2.75, 3.05) is 0 Å². The van der Waals surface area contributed by atoms with Crippen LogP contribution in [0, 0.1) is 0 Å². The van der Waals surface area contributed by atoms with Crippen LogP contribution in [-0.4, -0.2) is 17.1 Å². The maximum absolute atomic E-state index is 10.8. The average Bonchev–Trinajstić information content (AvgIpc) is 2.48. The van der Waals surface area contributed by atoms with Gasteiger partial charge in [0.05, 0.1) is 0 Å². The van der Waals surface area contributed by atoms with Gasteiger partial charge in [0.1, 0.15) is 0 Å². The fourth-order valence-corrected chi connectivity index (χ4v) is 2.19. The molecule has 0 amide bonds. The fourth-order valence-electron chi connectivity index (χ4n) is 2.19. The number of hydrogen-bond acceptors (Lipinski definition) is 2. The quantitative estimate of drug-likeness (QED) is 0.827. The van der Waals surface area contributed by atoms with Crippen molar-refractivity contribution in [2.45, 2.75) is 19.4 Å². The van der Waals surface area contributed by atoms with Crippen LogP contribution >= 0.6 is 0 Å². The second-order valence-corrected chi connectivity index (χ2v) is 5.09. The minimum Gasteiger partial charge on any atom is -0.478 e. The zero-order chi connectivity index (χ0) is 15.2. The van der Waals surface area contributed by atoms with Gasteiger partial charge in [-0.3, -0.25) is 0 Å². The van der Waals surface area contributed by atoms with E-state index in [0.717, 1.165) is 11.1 Å². The van der Waals surface area contributed by atoms with Crippen LogP contribution in [0.2, 0.25) is 0 Å². The summed E-state index contributed by atoms with van der Waals surface area (Å²) in [6, 6.07) is 18.1. The van der Waals surface area contributed by atoms with E-state index in [4.69, 9.17) is 10.8 Å². The van der Waals surface area contributed by atoms with E-state index in [1.165, 1.54) is 5.56 Å². The number of aliphatic carboxylic acids is 1. The Labute approximate surface area is 124 Å². The number of carbonyl (C=O) groups is 1. The summed E-state index contributed by atoms with van der Waals surface area (Å²) in [4.78, 5) is 10.8. The third-order valence-electron chi connectivity index (χ3n) is 3.33. The molecule has 2 aromatic rings. The summed E-state index contributed by atoms with van der Waals surface area (Å²) in [5.74, 6) is -0.926. The molecule has 0 aliphatic carbocycles. The van der Waals surface area contributed by atoms with E-state index in [9.17, 15) is 4.79 Å². The van der Waals surface area contributed by atoms with Crippen LogP contribution in [0.25, 0.3) is 11.1 Å². The molecule has 1 atom stereocenters. The van der Waals surface area contributed by atoms with E-state index >= 15 is 0 Å². The van der Waals surface area contributed by atoms with Crippen LogP contribution in [0.1, 0.15) is 12.5 Å². The van der Waals surface area contributed by atoms with Gasteiger partial charge in [0.15, 0.2) is 0 Å². The standard InChI is InChI=1S/C18H19NO2/c1-13(18(20)21)11-17(19)12-14-7-9-16(10-8-14)15-5-3-2-4-6-15/h2-11,17H,12,19H2,1H3,(H,20,21)/b13-11+. The van der Waals surface area contributed by atoms with E-state index in [1.807, 2.05) is 30.3 Å². The first-order valence-electron chi connectivity index (χ1n) is 6.88. The van der Waals surface area contributed by atoms with Crippen molar-refractivity contribution in [3.63, 3.8) is 0 Å². The van der Waals surface area contributed by atoms with E-state index in [1.54, 1.807) is 13.0 Å². The van der Waals surface area contributed by atoms with Gasteiger partial charge in [-0.05, 0) is 30.0 Å². The molecule has 3 nitrogen and oxygen atoms in total. The molecule has 0 heterocycles. The lowest BCUT2D eigenvalue weighted by Gasteiger charge is -2.09. The molecular weight excluding hydrogens is 262 g/mol. The van der Waals surface area contributed by atoms with Gasteiger partial charge in [0.25, 0.3) is 0 Å². The Morgan fingerprint density at radius 3 is 2.24 bits per heavy atom. The summed E-state index contributed by atoms with van der Waals surface area (Å²) in [7, 11) is 0. The van der Waals surface area contributed by atoms with Gasteiger partial charge in [-0.1, -0.05) is 60.7 Å². The van der Waals surface area contributed by atoms with Crippen LogP contribution in [0.4, 0.5) is 0 Å². The highest BCUT2D eigenvalue weighted by atomic mass is 16.4. The van der Waals surface area contributed by atoms with Gasteiger partial charge in [0.2, 0.25) is 0 Å². The highest BCUT2D eigenvalue weighted by molar-refractivity contribution is 5.85. The molecule has 0 saturated heterocycles. The average molecular weight is 281 g/mol. The topological polar surface area (TPSA) is 63.3 Å². The van der Waals surface area contributed by atoms with Crippen LogP contribution < -0.4 is 5.73 Å². The Bertz CT molecular complexity index is 630. The van der Waals surface area contributed by atoms with E-state index < -0.39 is 5.97 Å². The number of carboxylic acid groups (broad SMARTS) is 1. The summed E-state index contributed by atoms with van der Waals surface area (Å²) in [5, 5.41) is 8.84. The fraction of sp³-hybridized carbons (Fsp3) is 0.167. The second-order valence-electron chi connectivity index (χ2n) is 5.09. The molecule has 1 unspecified atom stereocenters. The molecule has 3 heteroatoms. The number of hydrogen-bond donors (Lipinski definition) is 2. The van der Waals surface area contributed by atoms with Crippen molar-refractivity contribution in [2.24, 2.45) is 5.73 Å². The number of carboxylic acids is 1. The monoisotopic (exact) mass is 281 g/mol. The Morgan fingerprint density at radius 2 is 1.67 bits per heavy atom. The third-order valence-corrected chi connectivity index (χ3v) is 3.33. The summed E-state index contributed by atoms with van der Waals surface area (Å²) in [5.41, 5.74) is 9.66. The van der Waals surface area contributed by atoms with Crippen molar-refractivity contribution < 1.29 is 9.90 Å². The van der Waals surface area contributed by atoms with Crippen molar-refractivity contribution >= 4 is 5.97 Å². The Balaban J connectivity index is 2.06. The molecule has 2 rings (SSSR count). The first kappa shape index (κ1) is 15.0. The minimum absolute atomic E-state index is 0.281. The summed E-state index contributed by atoms with van der Waals surface area (Å²) in [6.07, 6.45) is 2.22. The highest BCUT2D eigenvalue weighted by Gasteiger charge is 2.06. The molecule has 3 N–H and O–H groups in total. The lowest BCUT2D eigenvalue weighted by molar-refractivity contribution is -0.132. The van der Waals surface area contributed by atoms with Gasteiger partial charge in [-0.25, -0.2) is 4.79 Å². The molecule has 0 saturated carbocycles. The molecular formula is C18H19NO2. The predicted molar refractivity (Wildman–Crippen MR) is 85.0 cm³/mol. The molecule has 2 aromatic carbocycles. The van der Waals surface area contributed by atoms with Crippen molar-refractivity contribution in [1.29, 1.82) is 0 Å². The Morgan fingerprint density at radius 1 is 1.10 bits per heavy atom. The number of rotatable bonds is 5. The van der Waals surface area contributed by atoms with E-state index in [-0.39, 0.29) is 11.6 Å². The predicted octanol–water partition coefficient (Wildman–Crippen LogP) is 3.25. The highest BCUT2D eigenvalue weighted by Crippen LogP contribution is 2.19. The van der Waals surface area contributed by atoms with Gasteiger partial charge in [0, 0.05) is 11.6 Å². The summed E-state index contributed by atoms with van der Waals surface area (Å²) < 4.78 is 0.